The smallest absolute Gasteiger partial charge is 0.222 e. The number of aliphatic hydroxyl groups is 1. The third-order valence-electron chi connectivity index (χ3n) is 5.17. The molecular formula is C20H22N4O4S. The molecule has 4 heterocycles. The highest BCUT2D eigenvalue weighted by Crippen LogP contribution is 2.29. The number of nitrogens with one attached hydrogen (secondary N) is 1. The van der Waals surface area contributed by atoms with Crippen molar-refractivity contribution in [3.8, 4) is 11.3 Å². The molecule has 1 saturated heterocycles. The maximum Gasteiger partial charge on any atom is 0.222 e. The zero-order valence-corrected chi connectivity index (χ0v) is 16.8. The van der Waals surface area contributed by atoms with Gasteiger partial charge in [0, 0.05) is 42.0 Å². The molecule has 0 aliphatic carbocycles. The van der Waals surface area contributed by atoms with Crippen LogP contribution in [0.15, 0.2) is 42.7 Å². The van der Waals surface area contributed by atoms with Gasteiger partial charge in [-0.1, -0.05) is 0 Å². The van der Waals surface area contributed by atoms with E-state index in [1.165, 1.54) is 0 Å². The van der Waals surface area contributed by atoms with Gasteiger partial charge in [-0.15, -0.1) is 0 Å². The summed E-state index contributed by atoms with van der Waals surface area (Å²) in [6.07, 6.45) is 2.51. The normalized spacial score (nSPS) is 20.8. The second kappa shape index (κ2) is 7.57. The van der Waals surface area contributed by atoms with Crippen molar-refractivity contribution in [3.05, 3.63) is 48.4 Å². The molecule has 1 aliphatic heterocycles. The van der Waals surface area contributed by atoms with Crippen molar-refractivity contribution in [1.82, 2.24) is 19.9 Å². The number of rotatable bonds is 5. The molecule has 1 aliphatic rings. The Morgan fingerprint density at radius 2 is 2.00 bits per heavy atom. The first-order valence-corrected chi connectivity index (χ1v) is 11.2. The van der Waals surface area contributed by atoms with Crippen molar-refractivity contribution in [2.75, 3.05) is 11.5 Å². The summed E-state index contributed by atoms with van der Waals surface area (Å²) in [5.74, 6) is -0.847. The van der Waals surface area contributed by atoms with Crippen molar-refractivity contribution in [2.24, 2.45) is 0 Å². The molecule has 0 unspecified atom stereocenters. The van der Waals surface area contributed by atoms with E-state index < -0.39 is 22.0 Å². The third-order valence-corrected chi connectivity index (χ3v) is 6.89. The van der Waals surface area contributed by atoms with Crippen LogP contribution >= 0.6 is 0 Å². The van der Waals surface area contributed by atoms with Crippen LogP contribution in [-0.4, -0.2) is 57.6 Å². The fraction of sp³-hybridized carbons (Fsp3) is 0.350. The van der Waals surface area contributed by atoms with Gasteiger partial charge in [0.05, 0.1) is 29.3 Å². The first-order chi connectivity index (χ1) is 13.8. The molecular weight excluding hydrogens is 392 g/mol. The molecule has 3 aromatic rings. The highest BCUT2D eigenvalue weighted by Gasteiger charge is 2.37. The number of carbonyl (C=O) groups is 1. The van der Waals surface area contributed by atoms with Gasteiger partial charge in [0.1, 0.15) is 5.65 Å². The molecule has 9 heteroatoms. The molecule has 0 saturated carbocycles. The number of sulfone groups is 1. The minimum atomic E-state index is -3.31. The lowest BCUT2D eigenvalue weighted by Gasteiger charge is -2.16. The summed E-state index contributed by atoms with van der Waals surface area (Å²) in [4.78, 5) is 21.3. The first-order valence-electron chi connectivity index (χ1n) is 9.38. The predicted molar refractivity (Wildman–Crippen MR) is 109 cm³/mol. The van der Waals surface area contributed by atoms with Gasteiger partial charge in [0.2, 0.25) is 5.91 Å². The minimum absolute atomic E-state index is 0.135. The van der Waals surface area contributed by atoms with E-state index in [0.29, 0.717) is 6.54 Å². The van der Waals surface area contributed by atoms with E-state index in [4.69, 9.17) is 0 Å². The Labute approximate surface area is 168 Å². The first kappa shape index (κ1) is 19.5. The summed E-state index contributed by atoms with van der Waals surface area (Å²) in [6.45, 7) is 2.30. The van der Waals surface area contributed by atoms with Gasteiger partial charge in [-0.05, 0) is 37.3 Å². The topological polar surface area (TPSA) is 114 Å². The summed E-state index contributed by atoms with van der Waals surface area (Å²) in [6, 6.07) is 8.94. The molecule has 29 heavy (non-hydrogen) atoms. The van der Waals surface area contributed by atoms with E-state index in [1.54, 1.807) is 12.4 Å². The highest BCUT2D eigenvalue weighted by molar-refractivity contribution is 7.91. The van der Waals surface area contributed by atoms with Gasteiger partial charge in [0.25, 0.3) is 0 Å². The molecule has 1 amide bonds. The lowest BCUT2D eigenvalue weighted by atomic mass is 10.1. The van der Waals surface area contributed by atoms with Crippen LogP contribution in [-0.2, 0) is 21.2 Å². The zero-order valence-electron chi connectivity index (χ0n) is 15.9. The maximum atomic E-state index is 12.4. The SMILES string of the molecule is Cc1ncccc1-c1cc2cccnc2n1CCC(=O)N[C@@H]1CS(=O)(=O)C[C@H]1O. The molecule has 0 bridgehead atoms. The fourth-order valence-electron chi connectivity index (χ4n) is 3.75. The van der Waals surface area contributed by atoms with Crippen LogP contribution in [0.4, 0.5) is 0 Å². The van der Waals surface area contributed by atoms with Gasteiger partial charge >= 0.3 is 0 Å². The zero-order chi connectivity index (χ0) is 20.6. The molecule has 3 aromatic heterocycles. The number of aliphatic hydroxyl groups excluding tert-OH is 1. The molecule has 0 radical (unpaired) electrons. The van der Waals surface area contributed by atoms with Crippen LogP contribution in [0, 0.1) is 6.92 Å². The third kappa shape index (κ3) is 4.01. The standard InChI is InChI=1S/C20H22N4O4S/c1-13-15(5-3-7-21-13)17-10-14-4-2-8-22-20(14)24(17)9-6-19(26)23-16-11-29(27,28)12-18(16)25/h2-5,7-8,10,16,18,25H,6,9,11-12H2,1H3,(H,23,26)/t16-,18-/m1/s1. The minimum Gasteiger partial charge on any atom is -0.390 e. The summed E-state index contributed by atoms with van der Waals surface area (Å²) in [7, 11) is -3.31. The molecule has 4 rings (SSSR count). The molecule has 8 nitrogen and oxygen atoms in total. The van der Waals surface area contributed by atoms with Crippen molar-refractivity contribution < 1.29 is 18.3 Å². The average Bonchev–Trinajstić information content (AvgIpc) is 3.16. The summed E-state index contributed by atoms with van der Waals surface area (Å²) >= 11 is 0. The summed E-state index contributed by atoms with van der Waals surface area (Å²) in [5.41, 5.74) is 3.52. The van der Waals surface area contributed by atoms with Gasteiger partial charge in [-0.3, -0.25) is 9.78 Å². The maximum absolute atomic E-state index is 12.4. The lowest BCUT2D eigenvalue weighted by Crippen LogP contribution is -2.42. The van der Waals surface area contributed by atoms with Crippen LogP contribution < -0.4 is 5.32 Å². The van der Waals surface area contributed by atoms with E-state index in [1.807, 2.05) is 41.8 Å². The van der Waals surface area contributed by atoms with E-state index in [2.05, 4.69) is 15.3 Å². The number of amides is 1. The Kier molecular flexibility index (Phi) is 5.10. The number of fused-ring (bicyclic) bond motifs is 1. The molecule has 2 N–H and O–H groups in total. The average molecular weight is 414 g/mol. The number of pyridine rings is 2. The molecule has 0 aromatic carbocycles. The van der Waals surface area contributed by atoms with E-state index in [0.717, 1.165) is 28.0 Å². The number of hydrogen-bond acceptors (Lipinski definition) is 6. The molecule has 152 valence electrons. The van der Waals surface area contributed by atoms with Crippen LogP contribution in [0.25, 0.3) is 22.3 Å². The Balaban J connectivity index is 1.57. The van der Waals surface area contributed by atoms with E-state index in [-0.39, 0.29) is 23.8 Å². The largest absolute Gasteiger partial charge is 0.390 e. The summed E-state index contributed by atoms with van der Waals surface area (Å²) in [5, 5.41) is 13.5. The number of aryl methyl sites for hydroxylation is 2. The van der Waals surface area contributed by atoms with Crippen LogP contribution in [0.3, 0.4) is 0 Å². The predicted octanol–water partition coefficient (Wildman–Crippen LogP) is 1.07. The Morgan fingerprint density at radius 3 is 2.72 bits per heavy atom. The Morgan fingerprint density at radius 1 is 1.24 bits per heavy atom. The van der Waals surface area contributed by atoms with Crippen molar-refractivity contribution in [2.45, 2.75) is 32.0 Å². The number of hydrogen-bond donors (Lipinski definition) is 2. The number of aromatic nitrogens is 3. The van der Waals surface area contributed by atoms with Crippen molar-refractivity contribution in [1.29, 1.82) is 0 Å². The van der Waals surface area contributed by atoms with E-state index in [9.17, 15) is 18.3 Å². The quantitative estimate of drug-likeness (QED) is 0.646. The van der Waals surface area contributed by atoms with Gasteiger partial charge in [-0.2, -0.15) is 0 Å². The van der Waals surface area contributed by atoms with Gasteiger partial charge in [-0.25, -0.2) is 13.4 Å². The van der Waals surface area contributed by atoms with Crippen LogP contribution in [0.2, 0.25) is 0 Å². The number of nitrogens with zero attached hydrogens (tertiary/aromatic N) is 3. The number of carbonyl (C=O) groups excluding carboxylic acids is 1. The lowest BCUT2D eigenvalue weighted by molar-refractivity contribution is -0.122. The second-order valence-electron chi connectivity index (χ2n) is 7.30. The van der Waals surface area contributed by atoms with Gasteiger partial charge in [0.15, 0.2) is 9.84 Å². The van der Waals surface area contributed by atoms with Crippen molar-refractivity contribution >= 4 is 26.8 Å². The molecule has 2 atom stereocenters. The van der Waals surface area contributed by atoms with Crippen LogP contribution in [0.1, 0.15) is 12.1 Å². The van der Waals surface area contributed by atoms with Crippen molar-refractivity contribution in [3.63, 3.8) is 0 Å². The second-order valence-corrected chi connectivity index (χ2v) is 9.46. The fourth-order valence-corrected chi connectivity index (χ4v) is 5.49. The molecule has 0 spiro atoms. The van der Waals surface area contributed by atoms with E-state index >= 15 is 0 Å². The highest BCUT2D eigenvalue weighted by atomic mass is 32.2. The van der Waals surface area contributed by atoms with Crippen LogP contribution in [0.5, 0.6) is 0 Å². The Bertz CT molecular complexity index is 1170. The molecule has 1 fully saturated rings. The summed E-state index contributed by atoms with van der Waals surface area (Å²) < 4.78 is 25.2. The Hall–Kier alpha value is -2.78. The van der Waals surface area contributed by atoms with Gasteiger partial charge < -0.3 is 15.0 Å². The monoisotopic (exact) mass is 414 g/mol.